The van der Waals surface area contributed by atoms with Gasteiger partial charge in [0.25, 0.3) is 0 Å². The van der Waals surface area contributed by atoms with Gasteiger partial charge < -0.3 is 5.73 Å². The molecule has 1 rings (SSSR count). The Hall–Kier alpha value is -0.590. The van der Waals surface area contributed by atoms with Gasteiger partial charge in [-0.15, -0.1) is 11.8 Å². The molecule has 0 aliphatic carbocycles. The molecule has 3 nitrogen and oxygen atoms in total. The topological polar surface area (TPSA) is 60.2 Å². The van der Waals surface area contributed by atoms with Gasteiger partial charge in [-0.3, -0.25) is 0 Å². The lowest BCUT2D eigenvalue weighted by atomic mass is 9.96. The second kappa shape index (κ2) is 4.59. The van der Waals surface area contributed by atoms with Gasteiger partial charge in [-0.1, -0.05) is 0 Å². The molecule has 0 amide bonds. The first-order valence-corrected chi connectivity index (χ1v) is 8.06. The van der Waals surface area contributed by atoms with Crippen LogP contribution in [0.2, 0.25) is 0 Å². The smallest absolute Gasteiger partial charge is 0.176 e. The minimum absolute atomic E-state index is 0.00137. The van der Waals surface area contributed by atoms with Crippen LogP contribution in [0.4, 0.5) is 4.39 Å². The van der Waals surface area contributed by atoms with Crippen LogP contribution >= 0.6 is 11.8 Å². The van der Waals surface area contributed by atoms with Crippen LogP contribution in [0.5, 0.6) is 0 Å². The summed E-state index contributed by atoms with van der Waals surface area (Å²) in [6.45, 7) is 3.40. The Labute approximate surface area is 106 Å². The summed E-state index contributed by atoms with van der Waals surface area (Å²) < 4.78 is 37.1. The van der Waals surface area contributed by atoms with Crippen molar-refractivity contribution in [2.75, 3.05) is 12.5 Å². The summed E-state index contributed by atoms with van der Waals surface area (Å²) in [5, 5.41) is 0. The molecule has 0 radical (unpaired) electrons. The lowest BCUT2D eigenvalue weighted by molar-refractivity contribution is 0.529. The third-order valence-corrected chi connectivity index (χ3v) is 4.43. The molecule has 0 atom stereocenters. The Bertz CT molecular complexity index is 533. The quantitative estimate of drug-likeness (QED) is 0.860. The number of benzene rings is 1. The van der Waals surface area contributed by atoms with Crippen LogP contribution in [-0.4, -0.2) is 20.9 Å². The van der Waals surface area contributed by atoms with Gasteiger partial charge in [0.05, 0.1) is 9.79 Å². The molecular formula is C11H16FNO2S2. The largest absolute Gasteiger partial charge is 0.322 e. The average Bonchev–Trinajstić information content (AvgIpc) is 2.13. The number of sulfone groups is 1. The highest BCUT2D eigenvalue weighted by atomic mass is 32.2. The minimum atomic E-state index is -3.47. The van der Waals surface area contributed by atoms with Crippen LogP contribution in [0.15, 0.2) is 21.9 Å². The SMILES string of the molecule is CSc1c(F)cc(C(C)(C)N)cc1S(C)(=O)=O. The van der Waals surface area contributed by atoms with Crippen LogP contribution < -0.4 is 5.73 Å². The van der Waals surface area contributed by atoms with Crippen LogP contribution in [-0.2, 0) is 15.4 Å². The molecule has 2 N–H and O–H groups in total. The lowest BCUT2D eigenvalue weighted by Gasteiger charge is -2.21. The normalized spacial score (nSPS) is 12.8. The molecule has 0 aliphatic heterocycles. The highest BCUT2D eigenvalue weighted by molar-refractivity contribution is 7.99. The van der Waals surface area contributed by atoms with E-state index in [1.54, 1.807) is 20.1 Å². The van der Waals surface area contributed by atoms with Gasteiger partial charge in [0.15, 0.2) is 9.84 Å². The first-order valence-electron chi connectivity index (χ1n) is 4.94. The van der Waals surface area contributed by atoms with Crippen LogP contribution in [0, 0.1) is 5.82 Å². The Morgan fingerprint density at radius 1 is 1.35 bits per heavy atom. The Balaban J connectivity index is 3.63. The molecule has 0 spiro atoms. The van der Waals surface area contributed by atoms with E-state index in [9.17, 15) is 12.8 Å². The maximum Gasteiger partial charge on any atom is 0.176 e. The fourth-order valence-corrected chi connectivity index (χ4v) is 3.41. The Kier molecular flexibility index (Phi) is 3.91. The summed E-state index contributed by atoms with van der Waals surface area (Å²) in [7, 11) is -3.47. The molecule has 0 unspecified atom stereocenters. The summed E-state index contributed by atoms with van der Waals surface area (Å²) in [5.41, 5.74) is 5.55. The second-order valence-corrected chi connectivity index (χ2v) is 7.28. The number of hydrogen-bond acceptors (Lipinski definition) is 4. The van der Waals surface area contributed by atoms with E-state index in [4.69, 9.17) is 5.73 Å². The van der Waals surface area contributed by atoms with Gasteiger partial charge in [0.2, 0.25) is 0 Å². The zero-order chi connectivity index (χ0) is 13.4. The van der Waals surface area contributed by atoms with E-state index in [1.807, 2.05) is 0 Å². The third kappa shape index (κ3) is 3.20. The highest BCUT2D eigenvalue weighted by Gasteiger charge is 2.23. The first kappa shape index (κ1) is 14.5. The molecule has 0 bridgehead atoms. The van der Waals surface area contributed by atoms with Crippen molar-refractivity contribution in [3.05, 3.63) is 23.5 Å². The summed E-state index contributed by atoms with van der Waals surface area (Å²) in [6.07, 6.45) is 2.70. The first-order chi connectivity index (χ1) is 7.57. The number of nitrogens with two attached hydrogens (primary N) is 1. The number of thioether (sulfide) groups is 1. The monoisotopic (exact) mass is 277 g/mol. The number of rotatable bonds is 3. The number of hydrogen-bond donors (Lipinski definition) is 1. The fraction of sp³-hybridized carbons (Fsp3) is 0.455. The van der Waals surface area contributed by atoms with E-state index in [0.717, 1.165) is 18.0 Å². The van der Waals surface area contributed by atoms with E-state index >= 15 is 0 Å². The molecule has 1 aromatic rings. The summed E-state index contributed by atoms with van der Waals surface area (Å²) in [6, 6.07) is 2.74. The Morgan fingerprint density at radius 2 is 1.88 bits per heavy atom. The van der Waals surface area contributed by atoms with Crippen molar-refractivity contribution in [2.24, 2.45) is 5.73 Å². The van der Waals surface area contributed by atoms with Crippen molar-refractivity contribution in [3.63, 3.8) is 0 Å². The molecule has 0 heterocycles. The molecule has 0 aromatic heterocycles. The predicted molar refractivity (Wildman–Crippen MR) is 68.5 cm³/mol. The van der Waals surface area contributed by atoms with Gasteiger partial charge in [-0.25, -0.2) is 12.8 Å². The van der Waals surface area contributed by atoms with Crippen LogP contribution in [0.25, 0.3) is 0 Å². The van der Waals surface area contributed by atoms with E-state index in [0.29, 0.717) is 5.56 Å². The molecule has 17 heavy (non-hydrogen) atoms. The van der Waals surface area contributed by atoms with Gasteiger partial charge in [-0.2, -0.15) is 0 Å². The van der Waals surface area contributed by atoms with E-state index in [2.05, 4.69) is 0 Å². The van der Waals surface area contributed by atoms with Gasteiger partial charge >= 0.3 is 0 Å². The molecule has 0 saturated heterocycles. The van der Waals surface area contributed by atoms with Crippen molar-refractivity contribution in [1.82, 2.24) is 0 Å². The maximum absolute atomic E-state index is 13.8. The lowest BCUT2D eigenvalue weighted by Crippen LogP contribution is -2.29. The van der Waals surface area contributed by atoms with Crippen molar-refractivity contribution in [1.29, 1.82) is 0 Å². The van der Waals surface area contributed by atoms with Gasteiger partial charge in [0, 0.05) is 11.8 Å². The number of halogens is 1. The summed E-state index contributed by atoms with van der Waals surface area (Å²) >= 11 is 1.07. The molecule has 0 fully saturated rings. The second-order valence-electron chi connectivity index (χ2n) is 4.48. The average molecular weight is 277 g/mol. The summed E-state index contributed by atoms with van der Waals surface area (Å²) in [5.74, 6) is -0.547. The zero-order valence-electron chi connectivity index (χ0n) is 10.2. The van der Waals surface area contributed by atoms with Crippen molar-refractivity contribution in [2.45, 2.75) is 29.2 Å². The maximum atomic E-state index is 13.8. The van der Waals surface area contributed by atoms with Gasteiger partial charge in [0.1, 0.15) is 5.82 Å². The molecule has 96 valence electrons. The van der Waals surface area contributed by atoms with E-state index in [-0.39, 0.29) is 9.79 Å². The van der Waals surface area contributed by atoms with Crippen LogP contribution in [0.1, 0.15) is 19.4 Å². The Morgan fingerprint density at radius 3 is 2.24 bits per heavy atom. The summed E-state index contributed by atoms with van der Waals surface area (Å²) in [4.78, 5) is 0.138. The fourth-order valence-electron chi connectivity index (χ4n) is 1.41. The van der Waals surface area contributed by atoms with Crippen molar-refractivity contribution >= 4 is 21.6 Å². The van der Waals surface area contributed by atoms with Gasteiger partial charge in [-0.05, 0) is 37.8 Å². The molecule has 1 aromatic carbocycles. The molecule has 6 heteroatoms. The molecule has 0 saturated carbocycles. The third-order valence-electron chi connectivity index (χ3n) is 2.36. The van der Waals surface area contributed by atoms with E-state index in [1.165, 1.54) is 12.1 Å². The van der Waals surface area contributed by atoms with E-state index < -0.39 is 21.2 Å². The molecular weight excluding hydrogens is 261 g/mol. The predicted octanol–water partition coefficient (Wildman–Crippen LogP) is 2.14. The van der Waals surface area contributed by atoms with Crippen LogP contribution in [0.3, 0.4) is 0 Å². The molecule has 0 aliphatic rings. The minimum Gasteiger partial charge on any atom is -0.322 e. The van der Waals surface area contributed by atoms with Crippen molar-refractivity contribution < 1.29 is 12.8 Å². The van der Waals surface area contributed by atoms with Crippen molar-refractivity contribution in [3.8, 4) is 0 Å². The standard InChI is InChI=1S/C11H16FNO2S2/c1-11(2,13)7-5-8(12)10(16-3)9(6-7)17(4,14)15/h5-6H,13H2,1-4H3. The zero-order valence-corrected chi connectivity index (χ0v) is 11.9. The highest BCUT2D eigenvalue weighted by Crippen LogP contribution is 2.31.